The molecule has 1 aromatic heterocycles. The number of halogens is 3. The first-order valence-corrected chi connectivity index (χ1v) is 5.40. The summed E-state index contributed by atoms with van der Waals surface area (Å²) in [5.74, 6) is -3.67. The van der Waals surface area contributed by atoms with E-state index in [1.165, 1.54) is 6.07 Å². The number of H-pyrrole nitrogens is 1. The smallest absolute Gasteiger partial charge is 0.336 e. The molecular formula is C10H5BrF2N2O3. The zero-order valence-corrected chi connectivity index (χ0v) is 10.2. The second kappa shape index (κ2) is 4.37. The van der Waals surface area contributed by atoms with Crippen LogP contribution in [0.4, 0.5) is 8.78 Å². The average Bonchev–Trinajstić information content (AvgIpc) is 2.31. The number of benzene rings is 1. The number of hydrogen-bond donors (Lipinski definition) is 2. The first kappa shape index (κ1) is 12.5. The summed E-state index contributed by atoms with van der Waals surface area (Å²) in [6.07, 6.45) is 0. The Kier molecular flexibility index (Phi) is 3.04. The van der Waals surface area contributed by atoms with Gasteiger partial charge in [0.15, 0.2) is 0 Å². The number of aromatic nitrogens is 2. The lowest BCUT2D eigenvalue weighted by atomic mass is 10.3. The van der Waals surface area contributed by atoms with Crippen molar-refractivity contribution in [3.63, 3.8) is 0 Å². The van der Waals surface area contributed by atoms with Crippen LogP contribution in [0.3, 0.4) is 0 Å². The first-order chi connectivity index (χ1) is 8.41. The fourth-order valence-electron chi connectivity index (χ4n) is 1.38. The van der Waals surface area contributed by atoms with Gasteiger partial charge in [0.05, 0.1) is 5.69 Å². The third kappa shape index (κ3) is 1.94. The molecule has 2 aromatic rings. The molecular weight excluding hydrogens is 314 g/mol. The Balaban J connectivity index is 2.88. The Morgan fingerprint density at radius 2 is 1.94 bits per heavy atom. The molecule has 0 aliphatic heterocycles. The molecule has 0 unspecified atom stereocenters. The Morgan fingerprint density at radius 1 is 1.28 bits per heavy atom. The molecule has 1 aromatic carbocycles. The van der Waals surface area contributed by atoms with Crippen LogP contribution in [0.5, 0.6) is 5.88 Å². The first-order valence-electron chi connectivity index (χ1n) is 4.61. The second-order valence-electron chi connectivity index (χ2n) is 3.33. The van der Waals surface area contributed by atoms with E-state index in [4.69, 9.17) is 0 Å². The summed E-state index contributed by atoms with van der Waals surface area (Å²) in [6, 6.07) is 3.55. The lowest BCUT2D eigenvalue weighted by molar-refractivity contribution is 0.384. The van der Waals surface area contributed by atoms with Gasteiger partial charge in [-0.05, 0) is 18.2 Å². The van der Waals surface area contributed by atoms with Gasteiger partial charge in [-0.1, -0.05) is 15.9 Å². The van der Waals surface area contributed by atoms with Crippen molar-refractivity contribution in [3.8, 4) is 11.6 Å². The SMILES string of the molecule is O=c1[nH]c(=O)n(-c2cc(Br)ccc2F)c(O)c1F. The van der Waals surface area contributed by atoms with Gasteiger partial charge in [-0.15, -0.1) is 0 Å². The highest BCUT2D eigenvalue weighted by Crippen LogP contribution is 2.21. The van der Waals surface area contributed by atoms with Crippen molar-refractivity contribution in [2.45, 2.75) is 0 Å². The van der Waals surface area contributed by atoms with Gasteiger partial charge >= 0.3 is 5.69 Å². The molecule has 0 saturated carbocycles. The van der Waals surface area contributed by atoms with Crippen molar-refractivity contribution in [1.29, 1.82) is 0 Å². The number of aromatic hydroxyl groups is 1. The van der Waals surface area contributed by atoms with Gasteiger partial charge in [0, 0.05) is 4.47 Å². The van der Waals surface area contributed by atoms with Crippen LogP contribution in [0.25, 0.3) is 5.69 Å². The molecule has 0 fully saturated rings. The molecule has 0 amide bonds. The molecule has 0 aliphatic carbocycles. The minimum absolute atomic E-state index is 0.330. The number of nitrogens with one attached hydrogen (secondary N) is 1. The van der Waals surface area contributed by atoms with E-state index >= 15 is 0 Å². The lowest BCUT2D eigenvalue weighted by Gasteiger charge is -2.09. The average molecular weight is 319 g/mol. The minimum atomic E-state index is -1.56. The zero-order chi connectivity index (χ0) is 13.4. The van der Waals surface area contributed by atoms with Gasteiger partial charge in [0.1, 0.15) is 5.82 Å². The van der Waals surface area contributed by atoms with Crippen LogP contribution >= 0.6 is 15.9 Å². The van der Waals surface area contributed by atoms with Crippen molar-refractivity contribution >= 4 is 15.9 Å². The van der Waals surface area contributed by atoms with Gasteiger partial charge in [0.25, 0.3) is 5.56 Å². The Labute approximate surface area is 106 Å². The van der Waals surface area contributed by atoms with Crippen LogP contribution in [-0.2, 0) is 0 Å². The largest absolute Gasteiger partial charge is 0.492 e. The molecule has 5 nitrogen and oxygen atoms in total. The molecule has 0 saturated heterocycles. The fourth-order valence-corrected chi connectivity index (χ4v) is 1.73. The second-order valence-corrected chi connectivity index (χ2v) is 4.24. The van der Waals surface area contributed by atoms with Crippen LogP contribution < -0.4 is 11.2 Å². The molecule has 18 heavy (non-hydrogen) atoms. The number of nitrogens with zero attached hydrogens (tertiary/aromatic N) is 1. The minimum Gasteiger partial charge on any atom is -0.492 e. The molecule has 1 heterocycles. The van der Waals surface area contributed by atoms with E-state index < -0.39 is 28.8 Å². The van der Waals surface area contributed by atoms with Crippen molar-refractivity contribution in [2.24, 2.45) is 0 Å². The van der Waals surface area contributed by atoms with E-state index in [1.54, 1.807) is 4.98 Å². The molecule has 0 bridgehead atoms. The highest BCUT2D eigenvalue weighted by molar-refractivity contribution is 9.10. The molecule has 2 N–H and O–H groups in total. The topological polar surface area (TPSA) is 75.1 Å². The molecule has 0 radical (unpaired) electrons. The molecule has 0 aliphatic rings. The van der Waals surface area contributed by atoms with Crippen LogP contribution in [0.2, 0.25) is 0 Å². The van der Waals surface area contributed by atoms with E-state index in [-0.39, 0.29) is 5.69 Å². The van der Waals surface area contributed by atoms with E-state index in [9.17, 15) is 23.5 Å². The summed E-state index contributed by atoms with van der Waals surface area (Å²) in [4.78, 5) is 24.0. The molecule has 0 spiro atoms. The third-order valence-electron chi connectivity index (χ3n) is 2.18. The van der Waals surface area contributed by atoms with Crippen LogP contribution in [0.1, 0.15) is 0 Å². The van der Waals surface area contributed by atoms with E-state index in [2.05, 4.69) is 15.9 Å². The molecule has 2 rings (SSSR count). The van der Waals surface area contributed by atoms with Crippen LogP contribution in [-0.4, -0.2) is 14.7 Å². The maximum Gasteiger partial charge on any atom is 0.336 e. The maximum absolute atomic E-state index is 13.5. The number of hydrogen-bond acceptors (Lipinski definition) is 3. The van der Waals surface area contributed by atoms with Crippen molar-refractivity contribution in [1.82, 2.24) is 9.55 Å². The summed E-state index contributed by atoms with van der Waals surface area (Å²) in [6.45, 7) is 0. The Bertz CT molecular complexity index is 739. The lowest BCUT2D eigenvalue weighted by Crippen LogP contribution is -2.31. The van der Waals surface area contributed by atoms with Crippen LogP contribution in [0, 0.1) is 11.6 Å². The number of rotatable bonds is 1. The predicted molar refractivity (Wildman–Crippen MR) is 61.9 cm³/mol. The highest BCUT2D eigenvalue weighted by atomic mass is 79.9. The maximum atomic E-state index is 13.5. The van der Waals surface area contributed by atoms with Gasteiger partial charge in [-0.3, -0.25) is 9.78 Å². The summed E-state index contributed by atoms with van der Waals surface area (Å²) in [5, 5.41) is 9.41. The molecule has 94 valence electrons. The normalized spacial score (nSPS) is 10.6. The summed E-state index contributed by atoms with van der Waals surface area (Å²) in [7, 11) is 0. The van der Waals surface area contributed by atoms with Gasteiger partial charge < -0.3 is 5.11 Å². The van der Waals surface area contributed by atoms with E-state index in [0.29, 0.717) is 9.04 Å². The quantitative estimate of drug-likeness (QED) is 0.831. The standard InChI is InChI=1S/C10H5BrF2N2O3/c11-4-1-2-5(12)6(3-4)15-9(17)7(13)8(16)14-10(15)18/h1-3,17H,(H,14,16,18). The fraction of sp³-hybridized carbons (Fsp3) is 0. The van der Waals surface area contributed by atoms with Crippen molar-refractivity contribution in [2.75, 3.05) is 0 Å². The Hall–Kier alpha value is -1.96. The van der Waals surface area contributed by atoms with Crippen molar-refractivity contribution < 1.29 is 13.9 Å². The molecule has 0 atom stereocenters. The van der Waals surface area contributed by atoms with Crippen LogP contribution in [0.15, 0.2) is 32.3 Å². The van der Waals surface area contributed by atoms with Crippen molar-refractivity contribution in [3.05, 3.63) is 55.1 Å². The highest BCUT2D eigenvalue weighted by Gasteiger charge is 2.17. The van der Waals surface area contributed by atoms with Gasteiger partial charge in [0.2, 0.25) is 11.7 Å². The predicted octanol–water partition coefficient (Wildman–Crippen LogP) is 1.27. The molecule has 8 heteroatoms. The van der Waals surface area contributed by atoms with E-state index in [0.717, 1.165) is 12.1 Å². The van der Waals surface area contributed by atoms with E-state index in [1.807, 2.05) is 0 Å². The summed E-state index contributed by atoms with van der Waals surface area (Å²) >= 11 is 3.05. The van der Waals surface area contributed by atoms with Gasteiger partial charge in [-0.2, -0.15) is 4.39 Å². The van der Waals surface area contributed by atoms with Gasteiger partial charge in [-0.25, -0.2) is 13.8 Å². The Morgan fingerprint density at radius 3 is 2.61 bits per heavy atom. The number of aromatic amines is 1. The summed E-state index contributed by atoms with van der Waals surface area (Å²) in [5.41, 5.74) is -2.90. The third-order valence-corrected chi connectivity index (χ3v) is 2.67. The monoisotopic (exact) mass is 318 g/mol. The summed E-state index contributed by atoms with van der Waals surface area (Å²) < 4.78 is 27.5. The zero-order valence-electron chi connectivity index (χ0n) is 8.58.